The first-order valence-corrected chi connectivity index (χ1v) is 3.54. The molecule has 0 aliphatic heterocycles. The maximum Gasteiger partial charge on any atom is 0.336 e. The second-order valence-electron chi connectivity index (χ2n) is 2.44. The predicted molar refractivity (Wildman–Crippen MR) is 42.0 cm³/mol. The third-order valence-corrected chi connectivity index (χ3v) is 1.57. The average molecular weight is 185 g/mol. The smallest absolute Gasteiger partial charge is 0.336 e. The number of carbonyl (C=O) groups is 1. The fourth-order valence-electron chi connectivity index (χ4n) is 0.987. The number of nitrogens with one attached hydrogen (secondary N) is 1. The summed E-state index contributed by atoms with van der Waals surface area (Å²) in [5, 5.41) is 17.0. The van der Waals surface area contributed by atoms with Crippen molar-refractivity contribution < 1.29 is 19.5 Å². The van der Waals surface area contributed by atoms with Gasteiger partial charge in [0.1, 0.15) is 5.82 Å². The van der Waals surface area contributed by atoms with E-state index < -0.39 is 11.8 Å². The molecule has 0 saturated heterocycles. The Labute approximate surface area is 73.6 Å². The van der Waals surface area contributed by atoms with Crippen LogP contribution in [0.2, 0.25) is 0 Å². The van der Waals surface area contributed by atoms with Crippen LogP contribution in [-0.2, 0) is 6.54 Å². The first-order valence-electron chi connectivity index (χ1n) is 3.54. The van der Waals surface area contributed by atoms with Crippen molar-refractivity contribution in [3.63, 3.8) is 0 Å². The van der Waals surface area contributed by atoms with Gasteiger partial charge in [0, 0.05) is 6.54 Å². The van der Waals surface area contributed by atoms with E-state index in [2.05, 4.69) is 0 Å². The van der Waals surface area contributed by atoms with E-state index in [1.165, 1.54) is 6.07 Å². The van der Waals surface area contributed by atoms with Gasteiger partial charge in [0.05, 0.1) is 5.56 Å². The molecular weight excluding hydrogens is 177 g/mol. The molecule has 0 fully saturated rings. The Morgan fingerprint density at radius 2 is 2.23 bits per heavy atom. The van der Waals surface area contributed by atoms with Crippen molar-refractivity contribution in [3.05, 3.63) is 35.1 Å². The Balaban J connectivity index is 3.10. The molecular formula is C8H8FNO3. The maximum absolute atomic E-state index is 12.6. The quantitative estimate of drug-likeness (QED) is 0.614. The van der Waals surface area contributed by atoms with E-state index >= 15 is 0 Å². The Hall–Kier alpha value is -1.46. The Morgan fingerprint density at radius 3 is 2.77 bits per heavy atom. The highest BCUT2D eigenvalue weighted by Crippen LogP contribution is 2.10. The summed E-state index contributed by atoms with van der Waals surface area (Å²) >= 11 is 0. The number of rotatable bonds is 3. The highest BCUT2D eigenvalue weighted by atomic mass is 19.1. The van der Waals surface area contributed by atoms with Gasteiger partial charge in [0.25, 0.3) is 0 Å². The highest BCUT2D eigenvalue weighted by molar-refractivity contribution is 5.89. The molecule has 4 nitrogen and oxygen atoms in total. The summed E-state index contributed by atoms with van der Waals surface area (Å²) in [6.07, 6.45) is 0. The van der Waals surface area contributed by atoms with Crippen LogP contribution in [0.4, 0.5) is 4.39 Å². The van der Waals surface area contributed by atoms with Gasteiger partial charge in [-0.1, -0.05) is 6.07 Å². The van der Waals surface area contributed by atoms with Crippen molar-refractivity contribution in [1.29, 1.82) is 0 Å². The summed E-state index contributed by atoms with van der Waals surface area (Å²) in [6, 6.07) is 3.36. The van der Waals surface area contributed by atoms with Gasteiger partial charge in [-0.2, -0.15) is 0 Å². The van der Waals surface area contributed by atoms with E-state index in [1.807, 2.05) is 5.48 Å². The van der Waals surface area contributed by atoms with Crippen molar-refractivity contribution in [1.82, 2.24) is 5.48 Å². The number of halogens is 1. The molecule has 0 spiro atoms. The molecule has 0 heterocycles. The van der Waals surface area contributed by atoms with Gasteiger partial charge >= 0.3 is 5.97 Å². The molecule has 0 atom stereocenters. The lowest BCUT2D eigenvalue weighted by molar-refractivity contribution is 0.0693. The van der Waals surface area contributed by atoms with E-state index in [4.69, 9.17) is 10.3 Å². The summed E-state index contributed by atoms with van der Waals surface area (Å²) in [6.45, 7) is -0.0259. The van der Waals surface area contributed by atoms with E-state index in [0.717, 1.165) is 12.1 Å². The minimum absolute atomic E-state index is 0.0259. The zero-order valence-electron chi connectivity index (χ0n) is 6.62. The monoisotopic (exact) mass is 185 g/mol. The van der Waals surface area contributed by atoms with Crippen LogP contribution in [0.25, 0.3) is 0 Å². The molecule has 1 rings (SSSR count). The fraction of sp³-hybridized carbons (Fsp3) is 0.125. The summed E-state index contributed by atoms with van der Waals surface area (Å²) in [4.78, 5) is 10.6. The molecule has 0 amide bonds. The van der Waals surface area contributed by atoms with Crippen molar-refractivity contribution in [2.45, 2.75) is 6.54 Å². The number of hydrogen-bond donors (Lipinski definition) is 3. The van der Waals surface area contributed by atoms with Crippen molar-refractivity contribution >= 4 is 5.97 Å². The number of aromatic carboxylic acids is 1. The van der Waals surface area contributed by atoms with Crippen LogP contribution in [-0.4, -0.2) is 16.3 Å². The van der Waals surface area contributed by atoms with Crippen molar-refractivity contribution in [2.24, 2.45) is 0 Å². The van der Waals surface area contributed by atoms with Gasteiger partial charge in [0.2, 0.25) is 0 Å². The molecule has 70 valence electrons. The van der Waals surface area contributed by atoms with Crippen molar-refractivity contribution in [2.75, 3.05) is 0 Å². The van der Waals surface area contributed by atoms with E-state index in [0.29, 0.717) is 5.56 Å². The summed E-state index contributed by atoms with van der Waals surface area (Å²) in [7, 11) is 0. The lowest BCUT2D eigenvalue weighted by Crippen LogP contribution is -2.11. The molecule has 0 aliphatic rings. The molecule has 0 aliphatic carbocycles. The molecule has 0 radical (unpaired) electrons. The molecule has 0 aromatic heterocycles. The SMILES string of the molecule is O=C(O)c1cc(F)ccc1CNO. The van der Waals surface area contributed by atoms with Gasteiger partial charge in [-0.05, 0) is 17.7 Å². The molecule has 5 heteroatoms. The largest absolute Gasteiger partial charge is 0.478 e. The molecule has 0 bridgehead atoms. The van der Waals surface area contributed by atoms with Crippen LogP contribution >= 0.6 is 0 Å². The van der Waals surface area contributed by atoms with Gasteiger partial charge in [-0.15, -0.1) is 0 Å². The van der Waals surface area contributed by atoms with E-state index in [1.54, 1.807) is 0 Å². The molecule has 13 heavy (non-hydrogen) atoms. The van der Waals surface area contributed by atoms with Crippen LogP contribution in [0.1, 0.15) is 15.9 Å². The number of hydrogen-bond acceptors (Lipinski definition) is 3. The Kier molecular flexibility index (Phi) is 2.94. The maximum atomic E-state index is 12.6. The number of carboxylic acids is 1. The first-order chi connectivity index (χ1) is 6.15. The Morgan fingerprint density at radius 1 is 1.54 bits per heavy atom. The van der Waals surface area contributed by atoms with Gasteiger partial charge in [-0.3, -0.25) is 0 Å². The summed E-state index contributed by atoms with van der Waals surface area (Å²) in [5.41, 5.74) is 1.99. The standard InChI is InChI=1S/C8H8FNO3/c9-6-2-1-5(4-10-13)7(3-6)8(11)12/h1-3,10,13H,4H2,(H,11,12). The highest BCUT2D eigenvalue weighted by Gasteiger charge is 2.10. The van der Waals surface area contributed by atoms with Gasteiger partial charge < -0.3 is 10.3 Å². The topological polar surface area (TPSA) is 69.6 Å². The van der Waals surface area contributed by atoms with Crippen molar-refractivity contribution in [3.8, 4) is 0 Å². The second kappa shape index (κ2) is 3.97. The number of hydroxylamine groups is 1. The number of benzene rings is 1. The second-order valence-corrected chi connectivity index (χ2v) is 2.44. The van der Waals surface area contributed by atoms with Crippen LogP contribution in [0.15, 0.2) is 18.2 Å². The number of carboxylic acid groups (broad SMARTS) is 1. The van der Waals surface area contributed by atoms with E-state index in [-0.39, 0.29) is 12.1 Å². The van der Waals surface area contributed by atoms with Gasteiger partial charge in [0.15, 0.2) is 0 Å². The van der Waals surface area contributed by atoms with Crippen LogP contribution in [0, 0.1) is 5.82 Å². The first kappa shape index (κ1) is 9.63. The lowest BCUT2D eigenvalue weighted by Gasteiger charge is -2.03. The Bertz CT molecular complexity index is 327. The van der Waals surface area contributed by atoms with Gasteiger partial charge in [-0.25, -0.2) is 14.7 Å². The molecule has 3 N–H and O–H groups in total. The average Bonchev–Trinajstić information content (AvgIpc) is 2.08. The van der Waals surface area contributed by atoms with Crippen LogP contribution in [0.5, 0.6) is 0 Å². The zero-order chi connectivity index (χ0) is 9.84. The van der Waals surface area contributed by atoms with Crippen LogP contribution in [0.3, 0.4) is 0 Å². The summed E-state index contributed by atoms with van der Waals surface area (Å²) < 4.78 is 12.6. The molecule has 1 aromatic carbocycles. The minimum atomic E-state index is -1.22. The third kappa shape index (κ3) is 2.24. The predicted octanol–water partition coefficient (Wildman–Crippen LogP) is 1.00. The molecule has 0 saturated carbocycles. The van der Waals surface area contributed by atoms with Crippen LogP contribution < -0.4 is 5.48 Å². The zero-order valence-corrected chi connectivity index (χ0v) is 6.62. The van der Waals surface area contributed by atoms with E-state index in [9.17, 15) is 9.18 Å². The summed E-state index contributed by atoms with van der Waals surface area (Å²) in [5.74, 6) is -1.83. The lowest BCUT2D eigenvalue weighted by atomic mass is 10.1. The molecule has 0 unspecified atom stereocenters. The normalized spacial score (nSPS) is 10.0. The minimum Gasteiger partial charge on any atom is -0.478 e. The third-order valence-electron chi connectivity index (χ3n) is 1.57. The molecule has 1 aromatic rings. The fourth-order valence-corrected chi connectivity index (χ4v) is 0.987.